The van der Waals surface area contributed by atoms with Gasteiger partial charge in [0.05, 0.1) is 0 Å². The summed E-state index contributed by atoms with van der Waals surface area (Å²) in [5, 5.41) is 4.57. The molecule has 3 rings (SSSR count). The van der Waals surface area contributed by atoms with Crippen LogP contribution in [0, 0.1) is 13.8 Å². The third-order valence-electron chi connectivity index (χ3n) is 3.67. The van der Waals surface area contributed by atoms with Crippen LogP contribution in [0.5, 0.6) is 0 Å². The van der Waals surface area contributed by atoms with Crippen molar-refractivity contribution in [3.8, 4) is 0 Å². The number of nitrogens with zero attached hydrogens (tertiary/aromatic N) is 1. The van der Waals surface area contributed by atoms with E-state index in [1.165, 1.54) is 34.4 Å². The summed E-state index contributed by atoms with van der Waals surface area (Å²) in [5.74, 6) is 0. The van der Waals surface area contributed by atoms with Gasteiger partial charge in [0.2, 0.25) is 0 Å². The predicted octanol–water partition coefficient (Wildman–Crippen LogP) is 4.10. The molecule has 1 aromatic carbocycles. The second-order valence-electron chi connectivity index (χ2n) is 5.51. The first-order chi connectivity index (χ1) is 9.70. The summed E-state index contributed by atoms with van der Waals surface area (Å²) in [5.41, 5.74) is 3.94. The molecular formula is C17H20N2S. The average molecular weight is 284 g/mol. The second-order valence-corrected chi connectivity index (χ2v) is 6.60. The molecule has 1 heterocycles. The molecule has 1 saturated carbocycles. The molecule has 0 atom stereocenters. The fraction of sp³-hybridized carbons (Fsp3) is 0.353. The quantitative estimate of drug-likeness (QED) is 0.894. The highest BCUT2D eigenvalue weighted by atomic mass is 32.2. The molecule has 1 fully saturated rings. The van der Waals surface area contributed by atoms with Crippen LogP contribution in [-0.2, 0) is 6.54 Å². The van der Waals surface area contributed by atoms with Crippen molar-refractivity contribution < 1.29 is 0 Å². The zero-order chi connectivity index (χ0) is 13.9. The van der Waals surface area contributed by atoms with Crippen LogP contribution in [0.15, 0.2) is 46.5 Å². The predicted molar refractivity (Wildman–Crippen MR) is 84.1 cm³/mol. The van der Waals surface area contributed by atoms with E-state index >= 15 is 0 Å². The molecule has 0 bridgehead atoms. The van der Waals surface area contributed by atoms with Crippen molar-refractivity contribution in [2.45, 2.75) is 49.2 Å². The highest BCUT2D eigenvalue weighted by Crippen LogP contribution is 2.27. The lowest BCUT2D eigenvalue weighted by molar-refractivity contribution is 0.685. The van der Waals surface area contributed by atoms with Gasteiger partial charge in [-0.25, -0.2) is 4.98 Å². The summed E-state index contributed by atoms with van der Waals surface area (Å²) in [4.78, 5) is 5.80. The van der Waals surface area contributed by atoms with Crippen LogP contribution in [0.25, 0.3) is 0 Å². The van der Waals surface area contributed by atoms with E-state index in [4.69, 9.17) is 0 Å². The Kier molecular flexibility index (Phi) is 4.08. The topological polar surface area (TPSA) is 24.9 Å². The molecule has 2 aromatic rings. The van der Waals surface area contributed by atoms with Crippen molar-refractivity contribution in [1.29, 1.82) is 0 Å². The van der Waals surface area contributed by atoms with Crippen molar-refractivity contribution in [2.24, 2.45) is 0 Å². The minimum atomic E-state index is 0.750. The number of nitrogens with one attached hydrogen (secondary N) is 1. The number of aromatic nitrogens is 1. The van der Waals surface area contributed by atoms with Gasteiger partial charge in [0.15, 0.2) is 0 Å². The maximum Gasteiger partial charge on any atom is 0.101 e. The molecule has 0 saturated heterocycles. The van der Waals surface area contributed by atoms with Gasteiger partial charge in [-0.1, -0.05) is 23.9 Å². The Bertz CT molecular complexity index is 588. The van der Waals surface area contributed by atoms with Gasteiger partial charge in [0.1, 0.15) is 5.03 Å². The summed E-state index contributed by atoms with van der Waals surface area (Å²) >= 11 is 1.72. The van der Waals surface area contributed by atoms with Crippen LogP contribution >= 0.6 is 11.8 Å². The molecule has 3 heteroatoms. The van der Waals surface area contributed by atoms with E-state index in [-0.39, 0.29) is 0 Å². The van der Waals surface area contributed by atoms with Crippen LogP contribution < -0.4 is 5.32 Å². The van der Waals surface area contributed by atoms with Crippen LogP contribution in [-0.4, -0.2) is 11.0 Å². The molecule has 104 valence electrons. The summed E-state index contributed by atoms with van der Waals surface area (Å²) in [6, 6.07) is 11.6. The Labute approximate surface area is 125 Å². The largest absolute Gasteiger partial charge is 0.310 e. The normalized spacial score (nSPS) is 14.5. The summed E-state index contributed by atoms with van der Waals surface area (Å²) in [6.45, 7) is 5.23. The molecule has 0 aliphatic heterocycles. The van der Waals surface area contributed by atoms with Gasteiger partial charge in [-0.2, -0.15) is 0 Å². The molecule has 0 amide bonds. The Hall–Kier alpha value is -1.32. The number of benzene rings is 1. The highest BCUT2D eigenvalue weighted by Gasteiger charge is 2.19. The fourth-order valence-corrected chi connectivity index (χ4v) is 2.88. The molecule has 1 N–H and O–H groups in total. The van der Waals surface area contributed by atoms with Crippen molar-refractivity contribution in [3.63, 3.8) is 0 Å². The maximum absolute atomic E-state index is 4.55. The van der Waals surface area contributed by atoms with Gasteiger partial charge in [-0.15, -0.1) is 0 Å². The number of hydrogen-bond donors (Lipinski definition) is 1. The van der Waals surface area contributed by atoms with Gasteiger partial charge in [-0.05, 0) is 61.6 Å². The number of rotatable bonds is 5. The first-order valence-electron chi connectivity index (χ1n) is 7.14. The van der Waals surface area contributed by atoms with Gasteiger partial charge in [-0.3, -0.25) is 0 Å². The van der Waals surface area contributed by atoms with E-state index in [1.54, 1.807) is 11.8 Å². The van der Waals surface area contributed by atoms with Crippen LogP contribution in [0.4, 0.5) is 0 Å². The maximum atomic E-state index is 4.55. The minimum Gasteiger partial charge on any atom is -0.310 e. The molecule has 0 spiro atoms. The van der Waals surface area contributed by atoms with Crippen molar-refractivity contribution in [2.75, 3.05) is 0 Å². The van der Waals surface area contributed by atoms with E-state index in [1.807, 2.05) is 6.20 Å². The zero-order valence-corrected chi connectivity index (χ0v) is 12.8. The van der Waals surface area contributed by atoms with Crippen LogP contribution in [0.2, 0.25) is 0 Å². The molecule has 20 heavy (non-hydrogen) atoms. The molecule has 2 nitrogen and oxygen atoms in total. The van der Waals surface area contributed by atoms with Crippen molar-refractivity contribution in [3.05, 3.63) is 53.2 Å². The molecule has 0 radical (unpaired) electrons. The SMILES string of the molecule is Cc1ccc(Sc2ccc(CNC3CC3)cn2)cc1C. The Morgan fingerprint density at radius 1 is 1.15 bits per heavy atom. The monoisotopic (exact) mass is 284 g/mol. The summed E-state index contributed by atoms with van der Waals surface area (Å²) in [7, 11) is 0. The standard InChI is InChI=1S/C17H20N2S/c1-12-3-7-16(9-13(12)2)20-17-8-4-14(11-19-17)10-18-15-5-6-15/h3-4,7-9,11,15,18H,5-6,10H2,1-2H3. The first-order valence-corrected chi connectivity index (χ1v) is 7.96. The summed E-state index contributed by atoms with van der Waals surface area (Å²) < 4.78 is 0. The first kappa shape index (κ1) is 13.7. The zero-order valence-electron chi connectivity index (χ0n) is 12.0. The van der Waals surface area contributed by atoms with Gasteiger partial charge in [0.25, 0.3) is 0 Å². The lowest BCUT2D eigenvalue weighted by Gasteiger charge is -2.06. The molecule has 1 aromatic heterocycles. The number of hydrogen-bond acceptors (Lipinski definition) is 3. The van der Waals surface area contributed by atoms with Crippen molar-refractivity contribution in [1.82, 2.24) is 10.3 Å². The Morgan fingerprint density at radius 2 is 2.00 bits per heavy atom. The average Bonchev–Trinajstić information content (AvgIpc) is 3.26. The van der Waals surface area contributed by atoms with Crippen LogP contribution in [0.3, 0.4) is 0 Å². The van der Waals surface area contributed by atoms with E-state index < -0.39 is 0 Å². The Morgan fingerprint density at radius 3 is 2.65 bits per heavy atom. The van der Waals surface area contributed by atoms with E-state index in [0.29, 0.717) is 0 Å². The third-order valence-corrected chi connectivity index (χ3v) is 4.61. The molecule has 1 aliphatic carbocycles. The Balaban J connectivity index is 1.62. The highest BCUT2D eigenvalue weighted by molar-refractivity contribution is 7.99. The summed E-state index contributed by atoms with van der Waals surface area (Å²) in [6.07, 6.45) is 4.64. The molecular weight excluding hydrogens is 264 g/mol. The van der Waals surface area contributed by atoms with E-state index in [9.17, 15) is 0 Å². The fourth-order valence-electron chi connectivity index (χ4n) is 2.02. The number of pyridine rings is 1. The molecule has 0 unspecified atom stereocenters. The van der Waals surface area contributed by atoms with Gasteiger partial charge < -0.3 is 5.32 Å². The van der Waals surface area contributed by atoms with Gasteiger partial charge >= 0.3 is 0 Å². The number of aryl methyl sites for hydroxylation is 2. The lowest BCUT2D eigenvalue weighted by Crippen LogP contribution is -2.15. The molecule has 1 aliphatic rings. The minimum absolute atomic E-state index is 0.750. The van der Waals surface area contributed by atoms with Crippen LogP contribution in [0.1, 0.15) is 29.5 Å². The lowest BCUT2D eigenvalue weighted by atomic mass is 10.1. The van der Waals surface area contributed by atoms with E-state index in [0.717, 1.165) is 17.6 Å². The third kappa shape index (κ3) is 3.62. The second kappa shape index (κ2) is 5.98. The van der Waals surface area contributed by atoms with Crippen molar-refractivity contribution >= 4 is 11.8 Å². The smallest absolute Gasteiger partial charge is 0.101 e. The van der Waals surface area contributed by atoms with E-state index in [2.05, 4.69) is 54.5 Å². The van der Waals surface area contributed by atoms with Gasteiger partial charge in [0, 0.05) is 23.7 Å².